The number of nitrogens with zero attached hydrogens (tertiary/aromatic N) is 4. The smallest absolute Gasteiger partial charge is 0.225 e. The highest BCUT2D eigenvalue weighted by Crippen LogP contribution is 2.33. The molecular formula is C25H44N4O3. The molecule has 182 valence electrons. The fourth-order valence-corrected chi connectivity index (χ4v) is 5.65. The summed E-state index contributed by atoms with van der Waals surface area (Å²) in [6.07, 6.45) is 8.14. The zero-order valence-corrected chi connectivity index (χ0v) is 20.2. The summed E-state index contributed by atoms with van der Waals surface area (Å²) < 4.78 is 5.45. The Morgan fingerprint density at radius 3 is 2.38 bits per heavy atom. The lowest BCUT2D eigenvalue weighted by molar-refractivity contribution is -0.141. The van der Waals surface area contributed by atoms with Gasteiger partial charge in [-0.3, -0.25) is 14.5 Å². The van der Waals surface area contributed by atoms with Gasteiger partial charge in [-0.1, -0.05) is 6.92 Å². The van der Waals surface area contributed by atoms with Gasteiger partial charge >= 0.3 is 0 Å². The van der Waals surface area contributed by atoms with Gasteiger partial charge in [-0.05, 0) is 70.5 Å². The van der Waals surface area contributed by atoms with E-state index in [0.717, 1.165) is 117 Å². The van der Waals surface area contributed by atoms with Crippen LogP contribution in [0.25, 0.3) is 0 Å². The zero-order valence-electron chi connectivity index (χ0n) is 20.2. The summed E-state index contributed by atoms with van der Waals surface area (Å²) in [6.45, 7) is 12.7. The Morgan fingerprint density at radius 1 is 0.938 bits per heavy atom. The number of carbonyl (C=O) groups is 2. The molecule has 1 unspecified atom stereocenters. The van der Waals surface area contributed by atoms with Crippen molar-refractivity contribution in [2.45, 2.75) is 64.3 Å². The van der Waals surface area contributed by atoms with Gasteiger partial charge in [0.05, 0.1) is 13.2 Å². The summed E-state index contributed by atoms with van der Waals surface area (Å²) >= 11 is 0. The first-order valence-electron chi connectivity index (χ1n) is 13.2. The maximum absolute atomic E-state index is 13.1. The Bertz CT molecular complexity index is 612. The number of carbonyl (C=O) groups excluding carboxylic acids is 2. The highest BCUT2D eigenvalue weighted by atomic mass is 16.5. The zero-order chi connectivity index (χ0) is 22.3. The van der Waals surface area contributed by atoms with Gasteiger partial charge in [-0.25, -0.2) is 0 Å². The molecular weight excluding hydrogens is 404 g/mol. The molecule has 7 nitrogen and oxygen atoms in total. The SMILES string of the molecule is CCN1CCC(CC(=O)N2CCCC(N(CCCN3CCOCC3)C(=O)C3CC3)C2)CC1. The quantitative estimate of drug-likeness (QED) is 0.540. The van der Waals surface area contributed by atoms with Gasteiger partial charge in [0.2, 0.25) is 11.8 Å². The number of piperidine rings is 2. The highest BCUT2D eigenvalue weighted by molar-refractivity contribution is 5.81. The molecule has 3 saturated heterocycles. The molecule has 0 N–H and O–H groups in total. The van der Waals surface area contributed by atoms with E-state index in [1.807, 2.05) is 0 Å². The molecule has 3 heterocycles. The third kappa shape index (κ3) is 6.67. The standard InChI is InChI=1S/C25H44N4O3/c1-2-26-13-8-21(9-14-26)19-24(30)28-11-3-5-23(20-28)29(25(31)22-6-7-22)12-4-10-27-15-17-32-18-16-27/h21-23H,2-20H2,1H3. The summed E-state index contributed by atoms with van der Waals surface area (Å²) in [5.74, 6) is 1.44. The highest BCUT2D eigenvalue weighted by Gasteiger charge is 2.38. The van der Waals surface area contributed by atoms with Gasteiger partial charge in [0.1, 0.15) is 0 Å². The third-order valence-electron chi connectivity index (χ3n) is 7.99. The lowest BCUT2D eigenvalue weighted by Gasteiger charge is -2.40. The normalized spacial score (nSPS) is 26.3. The van der Waals surface area contributed by atoms with E-state index in [1.165, 1.54) is 0 Å². The van der Waals surface area contributed by atoms with Crippen LogP contribution in [0, 0.1) is 11.8 Å². The second-order valence-electron chi connectivity index (χ2n) is 10.3. The summed E-state index contributed by atoms with van der Waals surface area (Å²) in [5, 5.41) is 0. The van der Waals surface area contributed by atoms with E-state index < -0.39 is 0 Å². The van der Waals surface area contributed by atoms with Crippen LogP contribution in [0.2, 0.25) is 0 Å². The Kier molecular flexibility index (Phi) is 8.83. The monoisotopic (exact) mass is 448 g/mol. The largest absolute Gasteiger partial charge is 0.379 e. The molecule has 4 aliphatic rings. The number of hydrogen-bond donors (Lipinski definition) is 0. The van der Waals surface area contributed by atoms with E-state index >= 15 is 0 Å². The topological polar surface area (TPSA) is 56.3 Å². The van der Waals surface area contributed by atoms with E-state index in [2.05, 4.69) is 26.5 Å². The second-order valence-corrected chi connectivity index (χ2v) is 10.3. The van der Waals surface area contributed by atoms with E-state index in [0.29, 0.717) is 24.2 Å². The first-order chi connectivity index (χ1) is 15.6. The van der Waals surface area contributed by atoms with Gasteiger partial charge in [0.25, 0.3) is 0 Å². The van der Waals surface area contributed by atoms with E-state index in [-0.39, 0.29) is 12.0 Å². The average Bonchev–Trinajstić information content (AvgIpc) is 3.68. The van der Waals surface area contributed by atoms with Gasteiger partial charge < -0.3 is 19.4 Å². The van der Waals surface area contributed by atoms with Gasteiger partial charge in [0, 0.05) is 57.6 Å². The predicted octanol–water partition coefficient (Wildman–Crippen LogP) is 2.06. The Hall–Kier alpha value is -1.18. The van der Waals surface area contributed by atoms with Crippen molar-refractivity contribution in [3.8, 4) is 0 Å². The summed E-state index contributed by atoms with van der Waals surface area (Å²) in [7, 11) is 0. The van der Waals surface area contributed by atoms with Crippen LogP contribution in [-0.2, 0) is 14.3 Å². The molecule has 32 heavy (non-hydrogen) atoms. The molecule has 0 aromatic heterocycles. The minimum atomic E-state index is 0.201. The molecule has 0 radical (unpaired) electrons. The number of rotatable bonds is 9. The number of ether oxygens (including phenoxy) is 1. The first-order valence-corrected chi connectivity index (χ1v) is 13.2. The van der Waals surface area contributed by atoms with Crippen molar-refractivity contribution >= 4 is 11.8 Å². The molecule has 4 rings (SSSR count). The predicted molar refractivity (Wildman–Crippen MR) is 125 cm³/mol. The molecule has 0 aromatic carbocycles. The molecule has 0 bridgehead atoms. The average molecular weight is 449 g/mol. The van der Waals surface area contributed by atoms with Crippen LogP contribution < -0.4 is 0 Å². The molecule has 2 amide bonds. The summed E-state index contributed by atoms with van der Waals surface area (Å²) in [4.78, 5) is 35.4. The maximum atomic E-state index is 13.1. The van der Waals surface area contributed by atoms with Crippen molar-refractivity contribution in [1.82, 2.24) is 19.6 Å². The molecule has 0 spiro atoms. The summed E-state index contributed by atoms with van der Waals surface area (Å²) in [6, 6.07) is 0.201. The Morgan fingerprint density at radius 2 is 1.69 bits per heavy atom. The van der Waals surface area contributed by atoms with Crippen molar-refractivity contribution in [3.05, 3.63) is 0 Å². The summed E-state index contributed by atoms with van der Waals surface area (Å²) in [5.41, 5.74) is 0. The second kappa shape index (κ2) is 11.8. The fraction of sp³-hybridized carbons (Fsp3) is 0.920. The lowest BCUT2D eigenvalue weighted by atomic mass is 9.92. The van der Waals surface area contributed by atoms with Crippen molar-refractivity contribution in [3.63, 3.8) is 0 Å². The van der Waals surface area contributed by atoms with Crippen molar-refractivity contribution in [1.29, 1.82) is 0 Å². The fourth-order valence-electron chi connectivity index (χ4n) is 5.65. The van der Waals surface area contributed by atoms with Crippen molar-refractivity contribution in [2.24, 2.45) is 11.8 Å². The lowest BCUT2D eigenvalue weighted by Crippen LogP contribution is -2.53. The van der Waals surface area contributed by atoms with Crippen LogP contribution >= 0.6 is 0 Å². The van der Waals surface area contributed by atoms with E-state index in [9.17, 15) is 9.59 Å². The number of amides is 2. The number of hydrogen-bond acceptors (Lipinski definition) is 5. The van der Waals surface area contributed by atoms with Crippen LogP contribution in [0.5, 0.6) is 0 Å². The Balaban J connectivity index is 1.28. The molecule has 1 saturated carbocycles. The minimum Gasteiger partial charge on any atom is -0.379 e. The molecule has 0 aromatic rings. The third-order valence-corrected chi connectivity index (χ3v) is 7.99. The van der Waals surface area contributed by atoms with Crippen molar-refractivity contribution in [2.75, 3.05) is 72.1 Å². The molecule has 4 fully saturated rings. The molecule has 3 aliphatic heterocycles. The minimum absolute atomic E-state index is 0.201. The van der Waals surface area contributed by atoms with Gasteiger partial charge in [0.15, 0.2) is 0 Å². The maximum Gasteiger partial charge on any atom is 0.225 e. The number of likely N-dealkylation sites (tertiary alicyclic amines) is 2. The van der Waals surface area contributed by atoms with Crippen LogP contribution in [0.1, 0.15) is 58.3 Å². The molecule has 1 atom stereocenters. The van der Waals surface area contributed by atoms with Crippen LogP contribution in [0.15, 0.2) is 0 Å². The van der Waals surface area contributed by atoms with Gasteiger partial charge in [-0.2, -0.15) is 0 Å². The van der Waals surface area contributed by atoms with Gasteiger partial charge in [-0.15, -0.1) is 0 Å². The molecule has 1 aliphatic carbocycles. The molecule has 7 heteroatoms. The Labute approximate surface area is 194 Å². The number of morpholine rings is 1. The van der Waals surface area contributed by atoms with Crippen LogP contribution in [0.4, 0.5) is 0 Å². The first kappa shape index (κ1) is 24.0. The van der Waals surface area contributed by atoms with E-state index in [4.69, 9.17) is 4.74 Å². The van der Waals surface area contributed by atoms with Crippen LogP contribution in [0.3, 0.4) is 0 Å². The van der Waals surface area contributed by atoms with Crippen molar-refractivity contribution < 1.29 is 14.3 Å². The van der Waals surface area contributed by atoms with Crippen LogP contribution in [-0.4, -0.2) is 110 Å². The van der Waals surface area contributed by atoms with E-state index in [1.54, 1.807) is 0 Å².